The van der Waals surface area contributed by atoms with Crippen LogP contribution in [0.25, 0.3) is 0 Å². The number of hydrogen-bond donors (Lipinski definition) is 1. The number of fused-ring (bicyclic) bond motifs is 1. The van der Waals surface area contributed by atoms with Crippen molar-refractivity contribution in [3.8, 4) is 0 Å². The zero-order valence-corrected chi connectivity index (χ0v) is 11.0. The van der Waals surface area contributed by atoms with Gasteiger partial charge in [0.25, 0.3) is 0 Å². The minimum Gasteiger partial charge on any atom is -0.476 e. The van der Waals surface area contributed by atoms with Crippen LogP contribution in [0.4, 0.5) is 0 Å². The molecule has 0 saturated heterocycles. The molecule has 1 atom stereocenters. The minimum absolute atomic E-state index is 0.0982. The summed E-state index contributed by atoms with van der Waals surface area (Å²) < 4.78 is 6.79. The Morgan fingerprint density at radius 3 is 3.05 bits per heavy atom. The van der Waals surface area contributed by atoms with Crippen LogP contribution in [0, 0.1) is 5.92 Å². The number of nitrogens with zero attached hydrogens (tertiary/aromatic N) is 2. The van der Waals surface area contributed by atoms with E-state index in [4.69, 9.17) is 9.84 Å². The molecular formula is C13H18N2O4. The van der Waals surface area contributed by atoms with Gasteiger partial charge in [-0.2, -0.15) is 0 Å². The van der Waals surface area contributed by atoms with E-state index < -0.39 is 5.97 Å². The lowest BCUT2D eigenvalue weighted by atomic mass is 9.94. The fraction of sp³-hybridized carbons (Fsp3) is 0.615. The second-order valence-corrected chi connectivity index (χ2v) is 4.75. The normalized spacial score (nSPS) is 17.8. The SMILES string of the molecule is CCOC(=O)CCC1CCc2nc(C(=O)O)cn2C1. The van der Waals surface area contributed by atoms with Crippen LogP contribution in [0.3, 0.4) is 0 Å². The summed E-state index contributed by atoms with van der Waals surface area (Å²) in [7, 11) is 0. The quantitative estimate of drug-likeness (QED) is 0.816. The van der Waals surface area contributed by atoms with E-state index >= 15 is 0 Å². The van der Waals surface area contributed by atoms with E-state index in [9.17, 15) is 9.59 Å². The summed E-state index contributed by atoms with van der Waals surface area (Å²) >= 11 is 0. The molecule has 104 valence electrons. The van der Waals surface area contributed by atoms with Crippen molar-refractivity contribution in [1.82, 2.24) is 9.55 Å². The molecule has 1 N–H and O–H groups in total. The Balaban J connectivity index is 1.91. The van der Waals surface area contributed by atoms with Gasteiger partial charge in [-0.3, -0.25) is 4.79 Å². The predicted octanol–water partition coefficient (Wildman–Crippen LogP) is 1.49. The fourth-order valence-electron chi connectivity index (χ4n) is 2.41. The van der Waals surface area contributed by atoms with Crippen LogP contribution in [-0.2, 0) is 22.5 Å². The first-order chi connectivity index (χ1) is 9.10. The van der Waals surface area contributed by atoms with Crippen LogP contribution in [0.5, 0.6) is 0 Å². The van der Waals surface area contributed by atoms with Gasteiger partial charge in [0.2, 0.25) is 0 Å². The molecule has 19 heavy (non-hydrogen) atoms. The zero-order valence-electron chi connectivity index (χ0n) is 11.0. The van der Waals surface area contributed by atoms with Gasteiger partial charge in [0.1, 0.15) is 5.82 Å². The second-order valence-electron chi connectivity index (χ2n) is 4.75. The monoisotopic (exact) mass is 266 g/mol. The highest BCUT2D eigenvalue weighted by Crippen LogP contribution is 2.23. The highest BCUT2D eigenvalue weighted by Gasteiger charge is 2.22. The van der Waals surface area contributed by atoms with Crippen molar-refractivity contribution in [2.75, 3.05) is 6.61 Å². The molecule has 2 heterocycles. The third kappa shape index (κ3) is 3.33. The molecule has 0 aromatic carbocycles. The third-order valence-corrected chi connectivity index (χ3v) is 3.37. The Kier molecular flexibility index (Phi) is 4.19. The molecule has 0 fully saturated rings. The summed E-state index contributed by atoms with van der Waals surface area (Å²) in [5.41, 5.74) is 0.0982. The molecule has 1 aliphatic heterocycles. The van der Waals surface area contributed by atoms with Gasteiger partial charge in [0, 0.05) is 25.6 Å². The first kappa shape index (κ1) is 13.6. The van der Waals surface area contributed by atoms with Gasteiger partial charge in [-0.05, 0) is 25.7 Å². The summed E-state index contributed by atoms with van der Waals surface area (Å²) in [6.45, 7) is 2.94. The number of esters is 1. The summed E-state index contributed by atoms with van der Waals surface area (Å²) in [6, 6.07) is 0. The Hall–Kier alpha value is -1.85. The van der Waals surface area contributed by atoms with Gasteiger partial charge in [-0.25, -0.2) is 9.78 Å². The van der Waals surface area contributed by atoms with Gasteiger partial charge in [-0.15, -0.1) is 0 Å². The average Bonchev–Trinajstić information content (AvgIpc) is 2.80. The molecular weight excluding hydrogens is 248 g/mol. The van der Waals surface area contributed by atoms with E-state index in [2.05, 4.69) is 4.98 Å². The van der Waals surface area contributed by atoms with Crippen molar-refractivity contribution in [3.05, 3.63) is 17.7 Å². The molecule has 1 aromatic heterocycles. The Bertz CT molecular complexity index is 481. The number of hydrogen-bond acceptors (Lipinski definition) is 4. The van der Waals surface area contributed by atoms with Gasteiger partial charge in [0.15, 0.2) is 5.69 Å². The molecule has 0 radical (unpaired) electrons. The molecule has 0 bridgehead atoms. The number of rotatable bonds is 5. The average molecular weight is 266 g/mol. The first-order valence-corrected chi connectivity index (χ1v) is 6.55. The second kappa shape index (κ2) is 5.86. The van der Waals surface area contributed by atoms with E-state index in [0.717, 1.165) is 31.6 Å². The Morgan fingerprint density at radius 2 is 2.37 bits per heavy atom. The van der Waals surface area contributed by atoms with Crippen LogP contribution < -0.4 is 0 Å². The largest absolute Gasteiger partial charge is 0.476 e. The van der Waals surface area contributed by atoms with Crippen LogP contribution in [0.2, 0.25) is 0 Å². The van der Waals surface area contributed by atoms with Crippen molar-refractivity contribution in [2.45, 2.75) is 39.2 Å². The van der Waals surface area contributed by atoms with E-state index in [1.165, 1.54) is 0 Å². The number of aromatic nitrogens is 2. The maximum atomic E-state index is 11.3. The molecule has 0 amide bonds. The molecule has 1 aromatic rings. The minimum atomic E-state index is -0.995. The van der Waals surface area contributed by atoms with Crippen molar-refractivity contribution in [3.63, 3.8) is 0 Å². The Morgan fingerprint density at radius 1 is 1.58 bits per heavy atom. The number of carboxylic acid groups (broad SMARTS) is 1. The van der Waals surface area contributed by atoms with Crippen molar-refractivity contribution in [1.29, 1.82) is 0 Å². The van der Waals surface area contributed by atoms with Gasteiger partial charge in [0.05, 0.1) is 6.61 Å². The molecule has 2 rings (SSSR count). The molecule has 0 saturated carbocycles. The summed E-state index contributed by atoms with van der Waals surface area (Å²) in [4.78, 5) is 26.2. The first-order valence-electron chi connectivity index (χ1n) is 6.55. The highest BCUT2D eigenvalue weighted by atomic mass is 16.5. The molecule has 1 aliphatic rings. The molecule has 6 heteroatoms. The van der Waals surface area contributed by atoms with Crippen molar-refractivity contribution < 1.29 is 19.4 Å². The molecule has 0 aliphatic carbocycles. The predicted molar refractivity (Wildman–Crippen MR) is 66.9 cm³/mol. The summed E-state index contributed by atoms with van der Waals surface area (Å²) in [6.07, 6.45) is 4.48. The number of aryl methyl sites for hydroxylation is 1. The van der Waals surface area contributed by atoms with Crippen LogP contribution >= 0.6 is 0 Å². The number of carbonyl (C=O) groups excluding carboxylic acids is 1. The molecule has 6 nitrogen and oxygen atoms in total. The summed E-state index contributed by atoms with van der Waals surface area (Å²) in [5.74, 6) is 0.0488. The maximum absolute atomic E-state index is 11.3. The van der Waals surface area contributed by atoms with Crippen LogP contribution in [0.15, 0.2) is 6.20 Å². The number of carbonyl (C=O) groups is 2. The maximum Gasteiger partial charge on any atom is 0.356 e. The Labute approximate surface area is 111 Å². The van der Waals surface area contributed by atoms with Crippen molar-refractivity contribution >= 4 is 11.9 Å². The number of carboxylic acids is 1. The number of imidazole rings is 1. The van der Waals surface area contributed by atoms with Crippen molar-refractivity contribution in [2.24, 2.45) is 5.92 Å². The lowest BCUT2D eigenvalue weighted by Gasteiger charge is -2.23. The lowest BCUT2D eigenvalue weighted by molar-refractivity contribution is -0.143. The third-order valence-electron chi connectivity index (χ3n) is 3.37. The summed E-state index contributed by atoms with van der Waals surface area (Å²) in [5, 5.41) is 8.90. The standard InChI is InChI=1S/C13H18N2O4/c1-2-19-12(16)6-4-9-3-5-11-14-10(13(17)18)8-15(11)7-9/h8-9H,2-7H2,1H3,(H,17,18). The number of aromatic carboxylic acids is 1. The van der Waals surface area contributed by atoms with Crippen LogP contribution in [-0.4, -0.2) is 33.2 Å². The van der Waals surface area contributed by atoms with Gasteiger partial charge < -0.3 is 14.4 Å². The topological polar surface area (TPSA) is 81.4 Å². The molecule has 0 spiro atoms. The van der Waals surface area contributed by atoms with Gasteiger partial charge >= 0.3 is 11.9 Å². The molecule has 1 unspecified atom stereocenters. The van der Waals surface area contributed by atoms with E-state index in [-0.39, 0.29) is 11.7 Å². The van der Waals surface area contributed by atoms with E-state index in [0.29, 0.717) is 18.9 Å². The van der Waals surface area contributed by atoms with E-state index in [1.54, 1.807) is 13.1 Å². The van der Waals surface area contributed by atoms with E-state index in [1.807, 2.05) is 4.57 Å². The van der Waals surface area contributed by atoms with Gasteiger partial charge in [-0.1, -0.05) is 0 Å². The lowest BCUT2D eigenvalue weighted by Crippen LogP contribution is -2.21. The number of ether oxygens (including phenoxy) is 1. The van der Waals surface area contributed by atoms with Crippen LogP contribution in [0.1, 0.15) is 42.5 Å². The highest BCUT2D eigenvalue weighted by molar-refractivity contribution is 5.85. The zero-order chi connectivity index (χ0) is 13.8. The fourth-order valence-corrected chi connectivity index (χ4v) is 2.41. The smallest absolute Gasteiger partial charge is 0.356 e.